The van der Waals surface area contributed by atoms with Crippen molar-refractivity contribution in [2.75, 3.05) is 30.9 Å². The highest BCUT2D eigenvalue weighted by Crippen LogP contribution is 2.30. The van der Waals surface area contributed by atoms with Gasteiger partial charge in [-0.2, -0.15) is 4.98 Å². The Morgan fingerprint density at radius 3 is 2.39 bits per heavy atom. The standard InChI is InChI=1S/C28H33N5O4S/c1-18-8-6-9-19(2)25(18)23-15-24-30-27(29-23)31-38(35,36)22-11-7-10-20(14-22)26(34)32-12-13-33(28(3,4)5)17-21(16-32)37-24/h6-11,14-15,21H,12-13,16-17H2,1-5H3,(H,29,30,31)/t21-/m0/s1. The van der Waals surface area contributed by atoms with Crippen molar-refractivity contribution < 1.29 is 17.9 Å². The molecule has 10 heteroatoms. The number of fused-ring (bicyclic) bond motifs is 6. The van der Waals surface area contributed by atoms with E-state index in [1.54, 1.807) is 23.1 Å². The Kier molecular flexibility index (Phi) is 6.65. The van der Waals surface area contributed by atoms with Crippen molar-refractivity contribution in [2.45, 2.75) is 51.2 Å². The smallest absolute Gasteiger partial charge is 0.264 e. The third kappa shape index (κ3) is 5.23. The third-order valence-corrected chi connectivity index (χ3v) is 8.39. The number of carbonyl (C=O) groups is 1. The number of nitrogens with zero attached hydrogens (tertiary/aromatic N) is 4. The molecular formula is C28H33N5O4S. The number of nitrogens with one attached hydrogen (secondary N) is 1. The number of sulfonamides is 1. The van der Waals surface area contributed by atoms with E-state index in [0.717, 1.165) is 16.7 Å². The minimum atomic E-state index is -4.07. The Morgan fingerprint density at radius 1 is 0.974 bits per heavy atom. The van der Waals surface area contributed by atoms with E-state index in [1.165, 1.54) is 12.1 Å². The predicted octanol–water partition coefficient (Wildman–Crippen LogP) is 3.88. The highest BCUT2D eigenvalue weighted by Gasteiger charge is 2.33. The van der Waals surface area contributed by atoms with Crippen molar-refractivity contribution in [2.24, 2.45) is 0 Å². The van der Waals surface area contributed by atoms with Crippen LogP contribution in [0.1, 0.15) is 42.3 Å². The van der Waals surface area contributed by atoms with Crippen LogP contribution in [0.2, 0.25) is 0 Å². The van der Waals surface area contributed by atoms with E-state index in [0.29, 0.717) is 37.4 Å². The molecular weight excluding hydrogens is 502 g/mol. The van der Waals surface area contributed by atoms with Crippen LogP contribution in [0.3, 0.4) is 0 Å². The Labute approximate surface area is 223 Å². The first kappa shape index (κ1) is 26.1. The molecule has 0 spiro atoms. The van der Waals surface area contributed by atoms with Gasteiger partial charge in [-0.1, -0.05) is 24.3 Å². The van der Waals surface area contributed by atoms with Crippen molar-refractivity contribution in [3.63, 3.8) is 0 Å². The SMILES string of the molecule is Cc1cccc(C)c1-c1cc2nc(n1)NS(=O)(=O)c1cccc(c1)C(=O)N1CCN(C(C)(C)C)C[C@H](C1)O2. The number of aryl methyl sites for hydroxylation is 2. The lowest BCUT2D eigenvalue weighted by Gasteiger charge is -2.35. The molecule has 0 saturated carbocycles. The molecule has 3 heterocycles. The maximum absolute atomic E-state index is 13.6. The Hall–Kier alpha value is -3.50. The number of amides is 1. The zero-order chi connectivity index (χ0) is 27.2. The van der Waals surface area contributed by atoms with E-state index in [9.17, 15) is 13.2 Å². The number of carbonyl (C=O) groups excluding carboxylic acids is 1. The summed E-state index contributed by atoms with van der Waals surface area (Å²) in [5, 5.41) is 0. The first-order valence-electron chi connectivity index (χ1n) is 12.7. The van der Waals surface area contributed by atoms with Gasteiger partial charge in [-0.3, -0.25) is 9.69 Å². The number of ether oxygens (including phenoxy) is 1. The van der Waals surface area contributed by atoms with Gasteiger partial charge >= 0.3 is 0 Å². The number of hydrogen-bond donors (Lipinski definition) is 1. The molecule has 1 aromatic heterocycles. The van der Waals surface area contributed by atoms with Crippen LogP contribution < -0.4 is 9.46 Å². The summed E-state index contributed by atoms with van der Waals surface area (Å²) < 4.78 is 35.6. The minimum Gasteiger partial charge on any atom is -0.471 e. The van der Waals surface area contributed by atoms with Gasteiger partial charge in [0.1, 0.15) is 6.10 Å². The second-order valence-electron chi connectivity index (χ2n) is 10.9. The van der Waals surface area contributed by atoms with Gasteiger partial charge in [0, 0.05) is 42.4 Å². The maximum atomic E-state index is 13.6. The predicted molar refractivity (Wildman–Crippen MR) is 146 cm³/mol. The van der Waals surface area contributed by atoms with E-state index in [4.69, 9.17) is 4.74 Å². The normalized spacial score (nSPS) is 19.8. The summed E-state index contributed by atoms with van der Waals surface area (Å²) in [6.45, 7) is 12.5. The summed E-state index contributed by atoms with van der Waals surface area (Å²) in [5.41, 5.74) is 3.61. The second-order valence-corrected chi connectivity index (χ2v) is 12.6. The fourth-order valence-electron chi connectivity index (χ4n) is 5.05. The average molecular weight is 536 g/mol. The van der Waals surface area contributed by atoms with Crippen molar-refractivity contribution >= 4 is 21.9 Å². The zero-order valence-corrected chi connectivity index (χ0v) is 23.2. The molecule has 1 saturated heterocycles. The van der Waals surface area contributed by atoms with Gasteiger partial charge in [0.25, 0.3) is 15.9 Å². The van der Waals surface area contributed by atoms with Crippen LogP contribution in [0.4, 0.5) is 5.95 Å². The number of anilines is 1. The van der Waals surface area contributed by atoms with E-state index < -0.39 is 16.1 Å². The van der Waals surface area contributed by atoms with Gasteiger partial charge in [0.05, 0.1) is 17.1 Å². The first-order chi connectivity index (χ1) is 17.9. The van der Waals surface area contributed by atoms with Crippen LogP contribution in [0.15, 0.2) is 53.4 Å². The van der Waals surface area contributed by atoms with Crippen molar-refractivity contribution in [1.82, 2.24) is 19.8 Å². The van der Waals surface area contributed by atoms with E-state index in [2.05, 4.69) is 40.4 Å². The fraction of sp³-hybridized carbons (Fsp3) is 0.393. The van der Waals surface area contributed by atoms with Gasteiger partial charge in [-0.25, -0.2) is 18.1 Å². The quantitative estimate of drug-likeness (QED) is 0.504. The molecule has 9 nitrogen and oxygen atoms in total. The highest BCUT2D eigenvalue weighted by atomic mass is 32.2. The third-order valence-electron chi connectivity index (χ3n) is 7.07. The summed E-state index contributed by atoms with van der Waals surface area (Å²) in [5.74, 6) is -0.0802. The van der Waals surface area contributed by atoms with Gasteiger partial charge < -0.3 is 9.64 Å². The maximum Gasteiger partial charge on any atom is 0.264 e. The highest BCUT2D eigenvalue weighted by molar-refractivity contribution is 7.92. The molecule has 2 aromatic carbocycles. The van der Waals surface area contributed by atoms with Gasteiger partial charge in [-0.05, 0) is 63.9 Å². The molecule has 3 aromatic rings. The summed E-state index contributed by atoms with van der Waals surface area (Å²) in [4.78, 5) is 26.6. The molecule has 2 aliphatic heterocycles. The number of rotatable bonds is 1. The molecule has 5 rings (SSSR count). The van der Waals surface area contributed by atoms with Crippen molar-refractivity contribution in [3.05, 3.63) is 65.2 Å². The van der Waals surface area contributed by atoms with Gasteiger partial charge in [-0.15, -0.1) is 0 Å². The van der Waals surface area contributed by atoms with E-state index in [1.807, 2.05) is 32.0 Å². The zero-order valence-electron chi connectivity index (χ0n) is 22.4. The van der Waals surface area contributed by atoms with Crippen molar-refractivity contribution in [1.29, 1.82) is 0 Å². The Morgan fingerprint density at radius 2 is 1.68 bits per heavy atom. The van der Waals surface area contributed by atoms with Crippen LogP contribution in [0.5, 0.6) is 5.88 Å². The summed E-state index contributed by atoms with van der Waals surface area (Å²) >= 11 is 0. The molecule has 200 valence electrons. The lowest BCUT2D eigenvalue weighted by Crippen LogP contribution is -2.47. The largest absolute Gasteiger partial charge is 0.471 e. The average Bonchev–Trinajstić information content (AvgIpc) is 3.05. The molecule has 2 aliphatic rings. The molecule has 6 bridgehead atoms. The number of hydrogen-bond acceptors (Lipinski definition) is 7. The van der Waals surface area contributed by atoms with Crippen LogP contribution >= 0.6 is 0 Å². The minimum absolute atomic E-state index is 0.0335. The van der Waals surface area contributed by atoms with Crippen LogP contribution in [0.25, 0.3) is 11.3 Å². The van der Waals surface area contributed by atoms with Crippen molar-refractivity contribution in [3.8, 4) is 17.1 Å². The van der Waals surface area contributed by atoms with Gasteiger partial charge in [0.15, 0.2) is 0 Å². The number of aromatic nitrogens is 2. The molecule has 0 unspecified atom stereocenters. The monoisotopic (exact) mass is 535 g/mol. The molecule has 0 radical (unpaired) electrons. The molecule has 1 fully saturated rings. The van der Waals surface area contributed by atoms with Crippen LogP contribution in [0, 0.1) is 13.8 Å². The second kappa shape index (κ2) is 9.67. The summed E-state index contributed by atoms with van der Waals surface area (Å²) in [6, 6.07) is 13.8. The Bertz CT molecular complexity index is 1480. The van der Waals surface area contributed by atoms with Gasteiger partial charge in [0.2, 0.25) is 11.8 Å². The van der Waals surface area contributed by atoms with Crippen LogP contribution in [-0.4, -0.2) is 71.9 Å². The molecule has 1 atom stereocenters. The summed E-state index contributed by atoms with van der Waals surface area (Å²) in [7, 11) is -4.07. The van der Waals surface area contributed by atoms with E-state index >= 15 is 0 Å². The topological polar surface area (TPSA) is 105 Å². The fourth-order valence-corrected chi connectivity index (χ4v) is 6.04. The lowest BCUT2D eigenvalue weighted by molar-refractivity contribution is 0.0676. The van der Waals surface area contributed by atoms with E-state index in [-0.39, 0.29) is 28.2 Å². The lowest BCUT2D eigenvalue weighted by atomic mass is 10.00. The molecule has 0 aliphatic carbocycles. The summed E-state index contributed by atoms with van der Waals surface area (Å²) in [6.07, 6.45) is -0.394. The molecule has 1 N–H and O–H groups in total. The molecule has 38 heavy (non-hydrogen) atoms. The Balaban J connectivity index is 1.68. The number of benzene rings is 2. The molecule has 1 amide bonds. The first-order valence-corrected chi connectivity index (χ1v) is 14.2. The van der Waals surface area contributed by atoms with Crippen LogP contribution in [-0.2, 0) is 10.0 Å².